The Hall–Kier alpha value is -0.600. The molecular weight excluding hydrogens is 261 g/mol. The van der Waals surface area contributed by atoms with Gasteiger partial charge < -0.3 is 5.32 Å². The molecule has 0 radical (unpaired) electrons. The van der Waals surface area contributed by atoms with E-state index in [1.165, 1.54) is 6.07 Å². The van der Waals surface area contributed by atoms with Gasteiger partial charge >= 0.3 is 0 Å². The van der Waals surface area contributed by atoms with Crippen molar-refractivity contribution in [3.8, 4) is 0 Å². The molecule has 1 unspecified atom stereocenters. The maximum absolute atomic E-state index is 13.5. The van der Waals surface area contributed by atoms with Gasteiger partial charge in [-0.05, 0) is 42.3 Å². The minimum absolute atomic E-state index is 0.103. The predicted octanol–water partition coefficient (Wildman–Crippen LogP) is 4.68. The molecule has 1 aromatic rings. The van der Waals surface area contributed by atoms with Crippen LogP contribution in [-0.2, 0) is 6.42 Å². The molecule has 1 aromatic carbocycles. The lowest BCUT2D eigenvalue weighted by molar-refractivity contribution is 0.285. The second-order valence-electron chi connectivity index (χ2n) is 6.08. The highest BCUT2D eigenvalue weighted by atomic mass is 35.5. The van der Waals surface area contributed by atoms with Gasteiger partial charge in [0.2, 0.25) is 0 Å². The van der Waals surface area contributed by atoms with Crippen LogP contribution in [0.3, 0.4) is 0 Å². The molecule has 0 spiro atoms. The van der Waals surface area contributed by atoms with Crippen LogP contribution in [0.25, 0.3) is 0 Å². The molecule has 0 aliphatic carbocycles. The van der Waals surface area contributed by atoms with E-state index >= 15 is 0 Å². The van der Waals surface area contributed by atoms with Crippen molar-refractivity contribution in [3.05, 3.63) is 34.6 Å². The highest BCUT2D eigenvalue weighted by molar-refractivity contribution is 6.31. The summed E-state index contributed by atoms with van der Waals surface area (Å²) in [6.07, 6.45) is 1.83. The lowest BCUT2D eigenvalue weighted by Crippen LogP contribution is -2.35. The normalized spacial score (nSPS) is 14.7. The third-order valence-corrected chi connectivity index (χ3v) is 4.03. The van der Waals surface area contributed by atoms with E-state index in [1.807, 2.05) is 6.07 Å². The van der Waals surface area contributed by atoms with Crippen LogP contribution >= 0.6 is 11.6 Å². The molecule has 0 bridgehead atoms. The van der Waals surface area contributed by atoms with Gasteiger partial charge in [-0.25, -0.2) is 4.39 Å². The number of hydrogen-bond donors (Lipinski definition) is 1. The highest BCUT2D eigenvalue weighted by Crippen LogP contribution is 2.30. The summed E-state index contributed by atoms with van der Waals surface area (Å²) < 4.78 is 13.5. The molecule has 0 saturated heterocycles. The smallest absolute Gasteiger partial charge is 0.142 e. The molecule has 108 valence electrons. The van der Waals surface area contributed by atoms with E-state index in [9.17, 15) is 4.39 Å². The molecule has 0 heterocycles. The van der Waals surface area contributed by atoms with Crippen molar-refractivity contribution < 1.29 is 4.39 Å². The van der Waals surface area contributed by atoms with Gasteiger partial charge in [-0.2, -0.15) is 0 Å². The molecule has 0 aliphatic rings. The van der Waals surface area contributed by atoms with Crippen molar-refractivity contribution >= 4 is 11.6 Å². The van der Waals surface area contributed by atoms with E-state index in [0.29, 0.717) is 5.92 Å². The second-order valence-corrected chi connectivity index (χ2v) is 6.46. The zero-order valence-electron chi connectivity index (χ0n) is 12.4. The van der Waals surface area contributed by atoms with E-state index in [0.717, 1.165) is 31.5 Å². The average molecular weight is 286 g/mol. The van der Waals surface area contributed by atoms with Crippen LogP contribution in [-0.4, -0.2) is 13.1 Å². The molecule has 3 heteroatoms. The molecule has 0 fully saturated rings. The number of nitrogens with one attached hydrogen (secondary N) is 1. The van der Waals surface area contributed by atoms with E-state index in [-0.39, 0.29) is 16.3 Å². The fourth-order valence-corrected chi connectivity index (χ4v) is 2.31. The predicted molar refractivity (Wildman–Crippen MR) is 81.2 cm³/mol. The molecule has 1 N–H and O–H groups in total. The number of halogens is 2. The monoisotopic (exact) mass is 285 g/mol. The summed E-state index contributed by atoms with van der Waals surface area (Å²) in [6, 6.07) is 5.06. The zero-order valence-corrected chi connectivity index (χ0v) is 13.1. The van der Waals surface area contributed by atoms with Crippen LogP contribution in [0, 0.1) is 17.2 Å². The summed E-state index contributed by atoms with van der Waals surface area (Å²) in [5.41, 5.74) is 1.00. The summed E-state index contributed by atoms with van der Waals surface area (Å²) in [5, 5.41) is 3.76. The Morgan fingerprint density at radius 1 is 1.37 bits per heavy atom. The van der Waals surface area contributed by atoms with E-state index in [2.05, 4.69) is 33.0 Å². The van der Waals surface area contributed by atoms with Crippen molar-refractivity contribution in [1.82, 2.24) is 5.32 Å². The fraction of sp³-hybridized carbons (Fsp3) is 0.625. The lowest BCUT2D eigenvalue weighted by Gasteiger charge is -2.29. The Balaban J connectivity index is 2.71. The summed E-state index contributed by atoms with van der Waals surface area (Å²) in [5.74, 6) is 0.312. The highest BCUT2D eigenvalue weighted by Gasteiger charge is 2.24. The Bertz CT molecular complexity index is 406. The van der Waals surface area contributed by atoms with Crippen LogP contribution in [0.4, 0.5) is 4.39 Å². The van der Waals surface area contributed by atoms with E-state index < -0.39 is 0 Å². The maximum atomic E-state index is 13.5. The van der Waals surface area contributed by atoms with Gasteiger partial charge in [-0.15, -0.1) is 0 Å². The van der Waals surface area contributed by atoms with Gasteiger partial charge in [-0.3, -0.25) is 0 Å². The molecule has 1 nitrogen and oxygen atoms in total. The Morgan fingerprint density at radius 2 is 2.05 bits per heavy atom. The maximum Gasteiger partial charge on any atom is 0.142 e. The SMILES string of the molecule is CCC(C)(CNCC(C)C)Cc1cccc(F)c1Cl. The minimum atomic E-state index is -0.326. The average Bonchev–Trinajstić information content (AvgIpc) is 2.34. The summed E-state index contributed by atoms with van der Waals surface area (Å²) in [6.45, 7) is 10.7. The number of hydrogen-bond acceptors (Lipinski definition) is 1. The van der Waals surface area contributed by atoms with Crippen molar-refractivity contribution in [2.75, 3.05) is 13.1 Å². The summed E-state index contributed by atoms with van der Waals surface area (Å²) in [7, 11) is 0. The van der Waals surface area contributed by atoms with Crippen LogP contribution < -0.4 is 5.32 Å². The molecule has 0 aromatic heterocycles. The summed E-state index contributed by atoms with van der Waals surface area (Å²) >= 11 is 6.05. The Kier molecular flexibility index (Phi) is 6.28. The van der Waals surface area contributed by atoms with Crippen molar-refractivity contribution in [3.63, 3.8) is 0 Å². The lowest BCUT2D eigenvalue weighted by atomic mass is 9.81. The number of rotatable bonds is 7. The fourth-order valence-electron chi connectivity index (χ4n) is 2.12. The molecule has 0 saturated carbocycles. The third kappa shape index (κ3) is 5.12. The number of benzene rings is 1. The standard InChI is InChI=1S/C16H25ClFN/c1-5-16(4,11-19-10-12(2)3)9-13-7-6-8-14(18)15(13)17/h6-8,12,19H,5,9-11H2,1-4H3. The quantitative estimate of drug-likeness (QED) is 0.767. The molecule has 0 amide bonds. The largest absolute Gasteiger partial charge is 0.316 e. The first-order valence-electron chi connectivity index (χ1n) is 7.01. The second kappa shape index (κ2) is 7.25. The third-order valence-electron chi connectivity index (χ3n) is 3.61. The molecule has 19 heavy (non-hydrogen) atoms. The van der Waals surface area contributed by atoms with Gasteiger partial charge in [-0.1, -0.05) is 51.4 Å². The zero-order chi connectivity index (χ0) is 14.5. The van der Waals surface area contributed by atoms with E-state index in [4.69, 9.17) is 11.6 Å². The Morgan fingerprint density at radius 3 is 2.63 bits per heavy atom. The van der Waals surface area contributed by atoms with Crippen LogP contribution in [0.2, 0.25) is 5.02 Å². The van der Waals surface area contributed by atoms with Crippen LogP contribution in [0.15, 0.2) is 18.2 Å². The molecule has 1 rings (SSSR count). The van der Waals surface area contributed by atoms with Gasteiger partial charge in [0.05, 0.1) is 5.02 Å². The van der Waals surface area contributed by atoms with Crippen LogP contribution in [0.1, 0.15) is 39.7 Å². The van der Waals surface area contributed by atoms with Crippen molar-refractivity contribution in [2.24, 2.45) is 11.3 Å². The van der Waals surface area contributed by atoms with Crippen molar-refractivity contribution in [1.29, 1.82) is 0 Å². The molecular formula is C16H25ClFN. The van der Waals surface area contributed by atoms with Gasteiger partial charge in [0, 0.05) is 6.54 Å². The minimum Gasteiger partial charge on any atom is -0.316 e. The van der Waals surface area contributed by atoms with Gasteiger partial charge in [0.15, 0.2) is 0 Å². The van der Waals surface area contributed by atoms with Gasteiger partial charge in [0.1, 0.15) is 5.82 Å². The summed E-state index contributed by atoms with van der Waals surface area (Å²) in [4.78, 5) is 0. The van der Waals surface area contributed by atoms with Gasteiger partial charge in [0.25, 0.3) is 0 Å². The first-order chi connectivity index (χ1) is 8.88. The molecule has 1 atom stereocenters. The first kappa shape index (κ1) is 16.5. The topological polar surface area (TPSA) is 12.0 Å². The Labute approximate surface area is 121 Å². The van der Waals surface area contributed by atoms with E-state index in [1.54, 1.807) is 6.07 Å². The molecule has 0 aliphatic heterocycles. The van der Waals surface area contributed by atoms with Crippen molar-refractivity contribution in [2.45, 2.75) is 40.5 Å². The van der Waals surface area contributed by atoms with Crippen LogP contribution in [0.5, 0.6) is 0 Å². The first-order valence-corrected chi connectivity index (χ1v) is 7.39.